The number of aliphatic hydroxyl groups is 1. The molecule has 0 radical (unpaired) electrons. The van der Waals surface area contributed by atoms with Gasteiger partial charge in [-0.15, -0.1) is 0 Å². The quantitative estimate of drug-likeness (QED) is 0.870. The van der Waals surface area contributed by atoms with Gasteiger partial charge in [-0.3, -0.25) is 0 Å². The molecule has 0 saturated heterocycles. The van der Waals surface area contributed by atoms with Gasteiger partial charge in [-0.2, -0.15) is 0 Å². The Labute approximate surface area is 114 Å². The summed E-state index contributed by atoms with van der Waals surface area (Å²) in [5, 5.41) is 10.2. The number of aliphatic hydroxyl groups excluding tert-OH is 1. The first kappa shape index (κ1) is 14.2. The van der Waals surface area contributed by atoms with Gasteiger partial charge in [-0.25, -0.2) is 13.6 Å². The number of benzene rings is 1. The predicted octanol–water partition coefficient (Wildman–Crippen LogP) is 3.10. The molecule has 0 amide bonds. The Balaban J connectivity index is 1.95. The van der Waals surface area contributed by atoms with Crippen LogP contribution < -0.4 is 0 Å². The lowest BCUT2D eigenvalue weighted by Crippen LogP contribution is -2.22. The number of hydrogen-bond donors (Lipinski definition) is 1. The number of alkyl halides is 2. The van der Waals surface area contributed by atoms with E-state index >= 15 is 0 Å². The van der Waals surface area contributed by atoms with E-state index in [0.717, 1.165) is 0 Å². The number of esters is 1. The van der Waals surface area contributed by atoms with Gasteiger partial charge >= 0.3 is 5.97 Å². The van der Waals surface area contributed by atoms with Crippen LogP contribution in [-0.4, -0.2) is 23.1 Å². The smallest absolute Gasteiger partial charge is 0.339 e. The molecule has 0 bridgehead atoms. The van der Waals surface area contributed by atoms with Crippen LogP contribution in [0.2, 0.25) is 5.02 Å². The molecule has 2 rings (SSSR count). The summed E-state index contributed by atoms with van der Waals surface area (Å²) in [5.74, 6) is -3.69. The first-order chi connectivity index (χ1) is 8.87. The van der Waals surface area contributed by atoms with E-state index in [1.54, 1.807) is 0 Å². The molecule has 0 unspecified atom stereocenters. The molecule has 1 aromatic rings. The van der Waals surface area contributed by atoms with Gasteiger partial charge in [0.05, 0.1) is 0 Å². The number of ether oxygens (including phenoxy) is 1. The molecule has 19 heavy (non-hydrogen) atoms. The summed E-state index contributed by atoms with van der Waals surface area (Å²) in [7, 11) is 0. The van der Waals surface area contributed by atoms with E-state index in [1.807, 2.05) is 0 Å². The Hall–Kier alpha value is -1.20. The molecule has 1 fully saturated rings. The predicted molar refractivity (Wildman–Crippen MR) is 65.1 cm³/mol. The van der Waals surface area contributed by atoms with E-state index in [-0.39, 0.29) is 12.8 Å². The van der Waals surface area contributed by atoms with Crippen LogP contribution in [0.3, 0.4) is 0 Å². The molecule has 0 heterocycles. The molecule has 1 aliphatic rings. The zero-order valence-corrected chi connectivity index (χ0v) is 10.7. The lowest BCUT2D eigenvalue weighted by Gasteiger charge is -2.15. The Morgan fingerprint density at radius 2 is 2.05 bits per heavy atom. The van der Waals surface area contributed by atoms with E-state index in [9.17, 15) is 18.7 Å². The Bertz CT molecular complexity index is 461. The van der Waals surface area contributed by atoms with Gasteiger partial charge in [-0.1, -0.05) is 23.7 Å². The molecule has 1 aliphatic carbocycles. The third-order valence-electron chi connectivity index (χ3n) is 3.05. The molecule has 1 saturated carbocycles. The summed E-state index contributed by atoms with van der Waals surface area (Å²) < 4.78 is 30.8. The number of carbonyl (C=O) groups is 1. The summed E-state index contributed by atoms with van der Waals surface area (Å²) >= 11 is 5.68. The highest BCUT2D eigenvalue weighted by atomic mass is 35.5. The van der Waals surface area contributed by atoms with Crippen molar-refractivity contribution in [2.45, 2.75) is 37.4 Å². The monoisotopic (exact) mass is 290 g/mol. The molecule has 104 valence electrons. The van der Waals surface area contributed by atoms with Crippen LogP contribution in [0.15, 0.2) is 24.3 Å². The maximum atomic E-state index is 12.9. The van der Waals surface area contributed by atoms with Crippen molar-refractivity contribution in [3.63, 3.8) is 0 Å². The number of hydrogen-bond acceptors (Lipinski definition) is 3. The fraction of sp³-hybridized carbons (Fsp3) is 0.462. The van der Waals surface area contributed by atoms with Gasteiger partial charge in [0.2, 0.25) is 0 Å². The normalized spacial score (nSPS) is 23.1. The zero-order chi connectivity index (χ0) is 14.0. The maximum absolute atomic E-state index is 12.9. The van der Waals surface area contributed by atoms with Crippen molar-refractivity contribution in [2.24, 2.45) is 0 Å². The maximum Gasteiger partial charge on any atom is 0.339 e. The molecule has 0 aliphatic heterocycles. The third-order valence-corrected chi connectivity index (χ3v) is 3.30. The van der Waals surface area contributed by atoms with Crippen molar-refractivity contribution >= 4 is 17.6 Å². The molecule has 1 N–H and O–H groups in total. The summed E-state index contributed by atoms with van der Waals surface area (Å²) in [4.78, 5) is 11.6. The second-order valence-corrected chi connectivity index (χ2v) is 5.05. The fourth-order valence-electron chi connectivity index (χ4n) is 2.02. The van der Waals surface area contributed by atoms with Crippen LogP contribution >= 0.6 is 11.6 Å². The molecular formula is C13H13ClF2O3. The highest BCUT2D eigenvalue weighted by molar-refractivity contribution is 6.30. The summed E-state index contributed by atoms with van der Waals surface area (Å²) in [6, 6.07) is 6.02. The van der Waals surface area contributed by atoms with E-state index < -0.39 is 30.5 Å². The number of rotatable bonds is 3. The largest absolute Gasteiger partial charge is 0.460 e. The van der Waals surface area contributed by atoms with Crippen molar-refractivity contribution in [3.8, 4) is 0 Å². The van der Waals surface area contributed by atoms with Gasteiger partial charge in [0, 0.05) is 17.9 Å². The third kappa shape index (κ3) is 3.64. The Morgan fingerprint density at radius 1 is 1.42 bits per heavy atom. The summed E-state index contributed by atoms with van der Waals surface area (Å²) in [6.07, 6.45) is -2.96. The Kier molecular flexibility index (Phi) is 4.06. The van der Waals surface area contributed by atoms with Crippen LogP contribution in [0, 0.1) is 0 Å². The van der Waals surface area contributed by atoms with E-state index in [0.29, 0.717) is 10.6 Å². The summed E-state index contributed by atoms with van der Waals surface area (Å²) in [6.45, 7) is 0. The highest BCUT2D eigenvalue weighted by Gasteiger charge is 2.41. The second-order valence-electron chi connectivity index (χ2n) is 4.61. The van der Waals surface area contributed by atoms with Crippen LogP contribution in [0.1, 0.15) is 30.9 Å². The minimum Gasteiger partial charge on any atom is -0.460 e. The minimum absolute atomic E-state index is 0.117. The molecule has 2 atom stereocenters. The van der Waals surface area contributed by atoms with Crippen molar-refractivity contribution in [3.05, 3.63) is 34.9 Å². The lowest BCUT2D eigenvalue weighted by atomic mass is 10.1. The van der Waals surface area contributed by atoms with Crippen LogP contribution in [0.25, 0.3) is 0 Å². The van der Waals surface area contributed by atoms with Crippen molar-refractivity contribution in [1.29, 1.82) is 0 Å². The first-order valence-electron chi connectivity index (χ1n) is 5.89. The van der Waals surface area contributed by atoms with Gasteiger partial charge < -0.3 is 9.84 Å². The standard InChI is InChI=1S/C13H13ClF2O3/c14-9-3-1-8(2-4-9)11(17)12(18)19-10-5-6-13(15,16)7-10/h1-4,10-11,17H,5-7H2/t10-,11-/m1/s1. The first-order valence-corrected chi connectivity index (χ1v) is 6.27. The number of halogens is 3. The van der Waals surface area contributed by atoms with Gasteiger partial charge in [0.15, 0.2) is 6.10 Å². The second kappa shape index (κ2) is 5.43. The average Bonchev–Trinajstić information content (AvgIpc) is 2.68. The zero-order valence-electron chi connectivity index (χ0n) is 9.98. The van der Waals surface area contributed by atoms with Crippen LogP contribution in [0.4, 0.5) is 8.78 Å². The van der Waals surface area contributed by atoms with Gasteiger partial charge in [-0.05, 0) is 24.1 Å². The molecule has 6 heteroatoms. The van der Waals surface area contributed by atoms with Crippen LogP contribution in [0.5, 0.6) is 0 Å². The van der Waals surface area contributed by atoms with Gasteiger partial charge in [0.25, 0.3) is 5.92 Å². The Morgan fingerprint density at radius 3 is 2.58 bits per heavy atom. The van der Waals surface area contributed by atoms with E-state index in [1.165, 1.54) is 24.3 Å². The van der Waals surface area contributed by atoms with Crippen molar-refractivity contribution in [1.82, 2.24) is 0 Å². The molecule has 0 spiro atoms. The van der Waals surface area contributed by atoms with Crippen LogP contribution in [-0.2, 0) is 9.53 Å². The highest BCUT2D eigenvalue weighted by Crippen LogP contribution is 2.36. The topological polar surface area (TPSA) is 46.5 Å². The molecule has 0 aromatic heterocycles. The van der Waals surface area contributed by atoms with E-state index in [4.69, 9.17) is 16.3 Å². The SMILES string of the molecule is O=C(O[C@@H]1CCC(F)(F)C1)[C@H](O)c1ccc(Cl)cc1. The molecular weight excluding hydrogens is 278 g/mol. The number of carbonyl (C=O) groups excluding carboxylic acids is 1. The van der Waals surface area contributed by atoms with Crippen molar-refractivity contribution < 1.29 is 23.4 Å². The fourth-order valence-corrected chi connectivity index (χ4v) is 2.15. The van der Waals surface area contributed by atoms with E-state index in [2.05, 4.69) is 0 Å². The van der Waals surface area contributed by atoms with Crippen molar-refractivity contribution in [2.75, 3.05) is 0 Å². The lowest BCUT2D eigenvalue weighted by molar-refractivity contribution is -0.160. The average molecular weight is 291 g/mol. The summed E-state index contributed by atoms with van der Waals surface area (Å²) in [5.41, 5.74) is 0.319. The van der Waals surface area contributed by atoms with Gasteiger partial charge in [0.1, 0.15) is 6.10 Å². The minimum atomic E-state index is -2.78. The molecule has 1 aromatic carbocycles. The molecule has 3 nitrogen and oxygen atoms in total.